The summed E-state index contributed by atoms with van der Waals surface area (Å²) in [7, 11) is 0. The van der Waals surface area contributed by atoms with Crippen molar-refractivity contribution < 1.29 is 0 Å². The van der Waals surface area contributed by atoms with Crippen LogP contribution in [0.25, 0.3) is 11.2 Å². The highest BCUT2D eigenvalue weighted by Gasteiger charge is 2.10. The van der Waals surface area contributed by atoms with E-state index in [0.29, 0.717) is 11.5 Å². The predicted octanol–water partition coefficient (Wildman–Crippen LogP) is 3.82. The Hall–Kier alpha value is -1.66. The van der Waals surface area contributed by atoms with Crippen molar-refractivity contribution in [3.63, 3.8) is 0 Å². The fourth-order valence-electron chi connectivity index (χ4n) is 1.75. The van der Waals surface area contributed by atoms with Crippen LogP contribution in [0.4, 0.5) is 11.5 Å². The van der Waals surface area contributed by atoms with Crippen molar-refractivity contribution in [2.75, 3.05) is 5.32 Å². The van der Waals surface area contributed by atoms with Gasteiger partial charge in [0.25, 0.3) is 0 Å². The van der Waals surface area contributed by atoms with Gasteiger partial charge in [0.2, 0.25) is 5.28 Å². The van der Waals surface area contributed by atoms with Crippen molar-refractivity contribution in [1.82, 2.24) is 19.9 Å². The van der Waals surface area contributed by atoms with E-state index in [0.717, 1.165) is 21.2 Å². The molecule has 0 saturated heterocycles. The number of fused-ring (bicyclic) bond motifs is 1. The van der Waals surface area contributed by atoms with Gasteiger partial charge in [-0.15, -0.1) is 0 Å². The second-order valence-electron chi connectivity index (χ2n) is 4.03. The highest BCUT2D eigenvalue weighted by molar-refractivity contribution is 9.10. The van der Waals surface area contributed by atoms with E-state index in [4.69, 9.17) is 11.6 Å². The third-order valence-corrected chi connectivity index (χ3v) is 3.37. The van der Waals surface area contributed by atoms with Crippen LogP contribution in [0, 0.1) is 6.92 Å². The average molecular weight is 339 g/mol. The second kappa shape index (κ2) is 4.79. The first-order valence-electron chi connectivity index (χ1n) is 5.53. The number of hydrogen-bond donors (Lipinski definition) is 2. The van der Waals surface area contributed by atoms with E-state index in [1.807, 2.05) is 25.1 Å². The number of aryl methyl sites for hydroxylation is 1. The van der Waals surface area contributed by atoms with Crippen LogP contribution in [0.15, 0.2) is 29.0 Å². The number of halogens is 2. The molecule has 0 bridgehead atoms. The summed E-state index contributed by atoms with van der Waals surface area (Å²) in [6.07, 6.45) is 1.56. The van der Waals surface area contributed by atoms with Gasteiger partial charge in [-0.25, -0.2) is 4.98 Å². The Morgan fingerprint density at radius 3 is 3.00 bits per heavy atom. The highest BCUT2D eigenvalue weighted by atomic mass is 79.9. The van der Waals surface area contributed by atoms with E-state index < -0.39 is 0 Å². The number of H-pyrrole nitrogens is 1. The fraction of sp³-hybridized carbons (Fsp3) is 0.0833. The minimum atomic E-state index is 0.162. The molecule has 0 amide bonds. The number of anilines is 2. The molecular weight excluding hydrogens is 330 g/mol. The second-order valence-corrected chi connectivity index (χ2v) is 5.28. The minimum absolute atomic E-state index is 0.162. The molecular formula is C12H9BrClN5. The zero-order chi connectivity index (χ0) is 13.4. The maximum Gasteiger partial charge on any atom is 0.226 e. The molecule has 0 saturated carbocycles. The molecule has 0 atom stereocenters. The molecule has 7 heteroatoms. The van der Waals surface area contributed by atoms with Crippen LogP contribution in [0.3, 0.4) is 0 Å². The summed E-state index contributed by atoms with van der Waals surface area (Å²) in [6, 6.07) is 5.98. The molecule has 5 nitrogen and oxygen atoms in total. The first-order chi connectivity index (χ1) is 9.13. The van der Waals surface area contributed by atoms with Crippen molar-refractivity contribution in [3.05, 3.63) is 39.8 Å². The van der Waals surface area contributed by atoms with Gasteiger partial charge in [0.1, 0.15) is 5.52 Å². The third-order valence-electron chi connectivity index (χ3n) is 2.71. The van der Waals surface area contributed by atoms with Crippen LogP contribution in [0.1, 0.15) is 5.56 Å². The molecule has 0 fully saturated rings. The highest BCUT2D eigenvalue weighted by Crippen LogP contribution is 2.27. The molecule has 0 aliphatic heterocycles. The molecule has 3 rings (SSSR count). The van der Waals surface area contributed by atoms with Gasteiger partial charge in [0.05, 0.1) is 6.33 Å². The van der Waals surface area contributed by atoms with Crippen LogP contribution in [0.2, 0.25) is 5.28 Å². The number of rotatable bonds is 2. The number of imidazole rings is 1. The summed E-state index contributed by atoms with van der Waals surface area (Å²) in [6.45, 7) is 2.02. The first kappa shape index (κ1) is 12.4. The molecule has 2 aromatic heterocycles. The summed E-state index contributed by atoms with van der Waals surface area (Å²) >= 11 is 9.34. The summed E-state index contributed by atoms with van der Waals surface area (Å²) in [5.41, 5.74) is 3.31. The number of aromatic nitrogens is 4. The largest absolute Gasteiger partial charge is 0.340 e. The molecule has 0 spiro atoms. The maximum absolute atomic E-state index is 5.89. The lowest BCUT2D eigenvalue weighted by Crippen LogP contribution is -1.98. The molecule has 96 valence electrons. The first-order valence-corrected chi connectivity index (χ1v) is 6.70. The molecule has 1 aromatic carbocycles. The summed E-state index contributed by atoms with van der Waals surface area (Å²) in [5, 5.41) is 3.41. The predicted molar refractivity (Wildman–Crippen MR) is 78.9 cm³/mol. The molecule has 19 heavy (non-hydrogen) atoms. The van der Waals surface area contributed by atoms with E-state index >= 15 is 0 Å². The van der Waals surface area contributed by atoms with Gasteiger partial charge < -0.3 is 10.3 Å². The molecule has 2 heterocycles. The fourth-order valence-corrected chi connectivity index (χ4v) is 2.28. The van der Waals surface area contributed by atoms with Crippen LogP contribution in [-0.2, 0) is 0 Å². The van der Waals surface area contributed by atoms with Gasteiger partial charge in [-0.2, -0.15) is 9.97 Å². The lowest BCUT2D eigenvalue weighted by molar-refractivity contribution is 1.19. The number of hydrogen-bond acceptors (Lipinski definition) is 4. The number of benzene rings is 1. The molecule has 2 N–H and O–H groups in total. The van der Waals surface area contributed by atoms with Crippen molar-refractivity contribution in [1.29, 1.82) is 0 Å². The van der Waals surface area contributed by atoms with Crippen molar-refractivity contribution in [3.8, 4) is 0 Å². The zero-order valence-corrected chi connectivity index (χ0v) is 12.2. The summed E-state index contributed by atoms with van der Waals surface area (Å²) in [4.78, 5) is 15.3. The number of nitrogens with zero attached hydrogens (tertiary/aromatic N) is 3. The van der Waals surface area contributed by atoms with Crippen molar-refractivity contribution >= 4 is 50.2 Å². The molecule has 0 aliphatic rings. The SMILES string of the molecule is Cc1ccc(Br)cc1Nc1nc(Cl)nc2nc[nH]c12. The van der Waals surface area contributed by atoms with E-state index in [1.165, 1.54) is 0 Å². The van der Waals surface area contributed by atoms with Gasteiger partial charge in [-0.1, -0.05) is 22.0 Å². The standard InChI is InChI=1S/C12H9BrClN5/c1-6-2-3-7(13)4-8(6)17-11-9-10(16-5-15-9)18-12(14)19-11/h2-5H,1H3,(H2,15,16,17,18,19). The molecule has 0 radical (unpaired) electrons. The smallest absolute Gasteiger partial charge is 0.226 e. The Morgan fingerprint density at radius 1 is 1.32 bits per heavy atom. The van der Waals surface area contributed by atoms with Gasteiger partial charge >= 0.3 is 0 Å². The normalized spacial score (nSPS) is 10.9. The van der Waals surface area contributed by atoms with Crippen molar-refractivity contribution in [2.24, 2.45) is 0 Å². The Morgan fingerprint density at radius 2 is 2.16 bits per heavy atom. The zero-order valence-electron chi connectivity index (χ0n) is 9.91. The Kier molecular flexibility index (Phi) is 3.12. The van der Waals surface area contributed by atoms with Gasteiger partial charge in [-0.05, 0) is 36.2 Å². The van der Waals surface area contributed by atoms with Gasteiger partial charge in [0, 0.05) is 10.2 Å². The Labute approximate surface area is 122 Å². The molecule has 0 unspecified atom stereocenters. The molecule has 3 aromatic rings. The maximum atomic E-state index is 5.89. The van der Waals surface area contributed by atoms with Crippen molar-refractivity contribution in [2.45, 2.75) is 6.92 Å². The van der Waals surface area contributed by atoms with E-state index in [9.17, 15) is 0 Å². The van der Waals surface area contributed by atoms with Gasteiger partial charge in [-0.3, -0.25) is 0 Å². The lowest BCUT2D eigenvalue weighted by Gasteiger charge is -2.10. The summed E-state index contributed by atoms with van der Waals surface area (Å²) < 4.78 is 0.988. The third kappa shape index (κ3) is 2.41. The van der Waals surface area contributed by atoms with E-state index in [-0.39, 0.29) is 5.28 Å². The average Bonchev–Trinajstić information content (AvgIpc) is 2.82. The molecule has 0 aliphatic carbocycles. The van der Waals surface area contributed by atoms with E-state index in [2.05, 4.69) is 41.2 Å². The van der Waals surface area contributed by atoms with E-state index in [1.54, 1.807) is 6.33 Å². The van der Waals surface area contributed by atoms with Crippen LogP contribution >= 0.6 is 27.5 Å². The lowest BCUT2D eigenvalue weighted by atomic mass is 10.2. The summed E-state index contributed by atoms with van der Waals surface area (Å²) in [5.74, 6) is 0.605. The number of nitrogens with one attached hydrogen (secondary N) is 2. The van der Waals surface area contributed by atoms with Crippen LogP contribution in [-0.4, -0.2) is 19.9 Å². The monoisotopic (exact) mass is 337 g/mol. The minimum Gasteiger partial charge on any atom is -0.340 e. The Bertz CT molecular complexity index is 755. The Balaban J connectivity index is 2.10. The number of aromatic amines is 1. The van der Waals surface area contributed by atoms with Crippen LogP contribution in [0.5, 0.6) is 0 Å². The quantitative estimate of drug-likeness (QED) is 0.697. The van der Waals surface area contributed by atoms with Crippen LogP contribution < -0.4 is 5.32 Å². The van der Waals surface area contributed by atoms with Gasteiger partial charge in [0.15, 0.2) is 11.5 Å². The topological polar surface area (TPSA) is 66.5 Å².